The molecule has 20 heavy (non-hydrogen) atoms. The van der Waals surface area contributed by atoms with E-state index in [2.05, 4.69) is 4.72 Å². The van der Waals surface area contributed by atoms with Crippen LogP contribution in [0.25, 0.3) is 0 Å². The van der Waals surface area contributed by atoms with Gasteiger partial charge in [-0.1, -0.05) is 13.8 Å². The van der Waals surface area contributed by atoms with Crippen molar-refractivity contribution in [1.29, 1.82) is 0 Å². The number of furan rings is 1. The molecule has 1 aromatic rings. The molecule has 1 rings (SSSR count). The molecular formula is C13H22N2O4S. The number of rotatable bonds is 7. The summed E-state index contributed by atoms with van der Waals surface area (Å²) in [4.78, 5) is 13.8. The lowest BCUT2D eigenvalue weighted by molar-refractivity contribution is -0.132. The van der Waals surface area contributed by atoms with Crippen LogP contribution >= 0.6 is 0 Å². The fourth-order valence-corrected chi connectivity index (χ4v) is 2.62. The first-order valence-corrected chi connectivity index (χ1v) is 8.33. The van der Waals surface area contributed by atoms with Gasteiger partial charge in [-0.3, -0.25) is 4.79 Å². The molecule has 0 saturated carbocycles. The van der Waals surface area contributed by atoms with E-state index >= 15 is 0 Å². The minimum atomic E-state index is -3.43. The van der Waals surface area contributed by atoms with E-state index in [-0.39, 0.29) is 11.8 Å². The van der Waals surface area contributed by atoms with E-state index in [1.54, 1.807) is 19.2 Å². The topological polar surface area (TPSA) is 79.6 Å². The smallest absolute Gasteiger partial charge is 0.240 e. The molecule has 0 radical (unpaired) electrons. The van der Waals surface area contributed by atoms with Crippen molar-refractivity contribution in [2.75, 3.05) is 13.3 Å². The van der Waals surface area contributed by atoms with Crippen LogP contribution in [0, 0.1) is 5.92 Å². The summed E-state index contributed by atoms with van der Waals surface area (Å²) in [6, 6.07) is 2.77. The van der Waals surface area contributed by atoms with Gasteiger partial charge in [-0.05, 0) is 24.5 Å². The number of likely N-dealkylation sites (N-methyl/N-ethyl adjacent to an activating group) is 1. The van der Waals surface area contributed by atoms with Gasteiger partial charge in [-0.2, -0.15) is 0 Å². The van der Waals surface area contributed by atoms with Gasteiger partial charge in [0, 0.05) is 7.05 Å². The summed E-state index contributed by atoms with van der Waals surface area (Å²) in [5, 5.41) is 0. The van der Waals surface area contributed by atoms with Crippen LogP contribution < -0.4 is 4.72 Å². The van der Waals surface area contributed by atoms with Gasteiger partial charge >= 0.3 is 0 Å². The summed E-state index contributed by atoms with van der Waals surface area (Å²) in [5.74, 6) is 0.597. The number of carbonyl (C=O) groups excluding carboxylic acids is 1. The average Bonchev–Trinajstić information content (AvgIpc) is 2.77. The van der Waals surface area contributed by atoms with Crippen molar-refractivity contribution in [3.8, 4) is 0 Å². The second-order valence-electron chi connectivity index (χ2n) is 5.35. The highest BCUT2D eigenvalue weighted by molar-refractivity contribution is 7.88. The fraction of sp³-hybridized carbons (Fsp3) is 0.615. The third kappa shape index (κ3) is 5.75. The molecule has 0 spiro atoms. The van der Waals surface area contributed by atoms with Crippen molar-refractivity contribution in [2.24, 2.45) is 5.92 Å². The minimum absolute atomic E-state index is 0.204. The molecule has 0 aliphatic heterocycles. The monoisotopic (exact) mass is 302 g/mol. The third-order valence-electron chi connectivity index (χ3n) is 2.71. The Kier molecular flexibility index (Phi) is 5.76. The summed E-state index contributed by atoms with van der Waals surface area (Å²) >= 11 is 0. The molecule has 7 heteroatoms. The summed E-state index contributed by atoms with van der Waals surface area (Å²) in [6.07, 6.45) is 3.04. The predicted molar refractivity (Wildman–Crippen MR) is 76.4 cm³/mol. The molecule has 1 heterocycles. The van der Waals surface area contributed by atoms with E-state index in [1.165, 1.54) is 11.2 Å². The molecule has 1 amide bonds. The van der Waals surface area contributed by atoms with Crippen molar-refractivity contribution in [2.45, 2.75) is 32.9 Å². The largest absolute Gasteiger partial charge is 0.467 e. The number of amides is 1. The van der Waals surface area contributed by atoms with Crippen LogP contribution in [0.3, 0.4) is 0 Å². The van der Waals surface area contributed by atoms with Crippen LogP contribution in [-0.4, -0.2) is 38.6 Å². The summed E-state index contributed by atoms with van der Waals surface area (Å²) in [7, 11) is -1.80. The first-order valence-electron chi connectivity index (χ1n) is 6.43. The van der Waals surface area contributed by atoms with Gasteiger partial charge in [0.2, 0.25) is 15.9 Å². The zero-order valence-corrected chi connectivity index (χ0v) is 13.1. The lowest BCUT2D eigenvalue weighted by Gasteiger charge is -2.24. The van der Waals surface area contributed by atoms with Crippen LogP contribution in [0.1, 0.15) is 26.0 Å². The van der Waals surface area contributed by atoms with E-state index in [9.17, 15) is 13.2 Å². The Balaban J connectivity index is 2.75. The molecule has 0 aromatic carbocycles. The second-order valence-corrected chi connectivity index (χ2v) is 7.13. The number of sulfonamides is 1. The van der Waals surface area contributed by atoms with Crippen LogP contribution in [-0.2, 0) is 21.4 Å². The van der Waals surface area contributed by atoms with Crippen LogP contribution in [0.15, 0.2) is 22.8 Å². The van der Waals surface area contributed by atoms with Gasteiger partial charge in [0.25, 0.3) is 0 Å². The highest BCUT2D eigenvalue weighted by Gasteiger charge is 2.26. The number of nitrogens with zero attached hydrogens (tertiary/aromatic N) is 1. The van der Waals surface area contributed by atoms with Crippen molar-refractivity contribution in [1.82, 2.24) is 9.62 Å². The van der Waals surface area contributed by atoms with Crippen LogP contribution in [0.4, 0.5) is 0 Å². The summed E-state index contributed by atoms with van der Waals surface area (Å²) < 4.78 is 30.3. The predicted octanol–water partition coefficient (Wildman–Crippen LogP) is 1.20. The Bertz CT molecular complexity index is 523. The van der Waals surface area contributed by atoms with E-state index < -0.39 is 16.1 Å². The molecular weight excluding hydrogens is 280 g/mol. The van der Waals surface area contributed by atoms with Crippen molar-refractivity contribution < 1.29 is 17.6 Å². The van der Waals surface area contributed by atoms with E-state index in [4.69, 9.17) is 4.42 Å². The molecule has 6 nitrogen and oxygen atoms in total. The van der Waals surface area contributed by atoms with Crippen LogP contribution in [0.2, 0.25) is 0 Å². The maximum absolute atomic E-state index is 12.3. The molecule has 0 saturated heterocycles. The third-order valence-corrected chi connectivity index (χ3v) is 3.42. The molecule has 0 aliphatic carbocycles. The summed E-state index contributed by atoms with van der Waals surface area (Å²) in [6.45, 7) is 4.19. The zero-order valence-electron chi connectivity index (χ0n) is 12.3. The van der Waals surface area contributed by atoms with E-state index in [1.807, 2.05) is 13.8 Å². The highest BCUT2D eigenvalue weighted by atomic mass is 32.2. The Labute approximate surface area is 120 Å². The number of hydrogen-bond acceptors (Lipinski definition) is 4. The normalized spacial score (nSPS) is 13.4. The van der Waals surface area contributed by atoms with Crippen molar-refractivity contribution in [3.05, 3.63) is 24.2 Å². The minimum Gasteiger partial charge on any atom is -0.467 e. The summed E-state index contributed by atoms with van der Waals surface area (Å²) in [5.41, 5.74) is 0. The van der Waals surface area contributed by atoms with E-state index in [0.717, 1.165) is 6.26 Å². The van der Waals surface area contributed by atoms with Gasteiger partial charge in [-0.15, -0.1) is 0 Å². The molecule has 0 aliphatic rings. The first-order chi connectivity index (χ1) is 9.19. The molecule has 1 aromatic heterocycles. The van der Waals surface area contributed by atoms with Gasteiger partial charge in [-0.25, -0.2) is 13.1 Å². The van der Waals surface area contributed by atoms with Crippen molar-refractivity contribution in [3.63, 3.8) is 0 Å². The van der Waals surface area contributed by atoms with Crippen molar-refractivity contribution >= 4 is 15.9 Å². The van der Waals surface area contributed by atoms with Gasteiger partial charge in [0.1, 0.15) is 11.8 Å². The van der Waals surface area contributed by atoms with Crippen LogP contribution in [0.5, 0.6) is 0 Å². The van der Waals surface area contributed by atoms with Gasteiger partial charge in [0.05, 0.1) is 19.1 Å². The molecule has 1 atom stereocenters. The SMILES string of the molecule is CC(C)CC(NS(C)(=O)=O)C(=O)N(C)Cc1ccco1. The lowest BCUT2D eigenvalue weighted by Crippen LogP contribution is -2.47. The average molecular weight is 302 g/mol. The molecule has 1 unspecified atom stereocenters. The Morgan fingerprint density at radius 3 is 2.55 bits per heavy atom. The Hall–Kier alpha value is -1.34. The molecule has 0 bridgehead atoms. The maximum atomic E-state index is 12.3. The van der Waals surface area contributed by atoms with Gasteiger partial charge in [0.15, 0.2) is 0 Å². The fourth-order valence-electron chi connectivity index (χ4n) is 1.91. The zero-order chi connectivity index (χ0) is 15.3. The Morgan fingerprint density at radius 1 is 1.45 bits per heavy atom. The standard InChI is InChI=1S/C13H22N2O4S/c1-10(2)8-12(14-20(4,17)18)13(16)15(3)9-11-6-5-7-19-11/h5-7,10,12,14H,8-9H2,1-4H3. The Morgan fingerprint density at radius 2 is 2.10 bits per heavy atom. The molecule has 0 fully saturated rings. The van der Waals surface area contributed by atoms with Gasteiger partial charge < -0.3 is 9.32 Å². The highest BCUT2D eigenvalue weighted by Crippen LogP contribution is 2.11. The molecule has 1 N–H and O–H groups in total. The number of carbonyl (C=O) groups is 1. The quantitative estimate of drug-likeness (QED) is 0.821. The first kappa shape index (κ1) is 16.7. The number of hydrogen-bond donors (Lipinski definition) is 1. The lowest BCUT2D eigenvalue weighted by atomic mass is 10.0. The second kappa shape index (κ2) is 6.90. The van der Waals surface area contributed by atoms with E-state index in [0.29, 0.717) is 18.7 Å². The number of nitrogens with one attached hydrogen (secondary N) is 1. The maximum Gasteiger partial charge on any atom is 0.240 e. The molecule has 114 valence electrons.